The number of H-pyrrole nitrogens is 2. The van der Waals surface area contributed by atoms with Crippen molar-refractivity contribution in [2.24, 2.45) is 0 Å². The molecule has 4 N–H and O–H groups in total. The molecule has 0 radical (unpaired) electrons. The molecule has 2 heterocycles. The molecule has 0 fully saturated rings. The Kier molecular flexibility index (Phi) is 3.72. The Morgan fingerprint density at radius 1 is 1.42 bits per heavy atom. The van der Waals surface area contributed by atoms with Gasteiger partial charge in [0.05, 0.1) is 17.8 Å². The van der Waals surface area contributed by atoms with Crippen molar-refractivity contribution in [1.82, 2.24) is 20.5 Å². The zero-order valence-electron chi connectivity index (χ0n) is 13.3. The summed E-state index contributed by atoms with van der Waals surface area (Å²) in [5.74, 6) is 0.188. The number of hydrogen-bond donors (Lipinski definition) is 4. The number of aryl methyl sites for hydroxylation is 1. The molecule has 1 aliphatic rings. The Balaban J connectivity index is 1.41. The maximum Gasteiger partial charge on any atom is 0.229 e. The number of carbonyl (C=O) groups excluding carboxylic acids is 1. The highest BCUT2D eigenvalue weighted by Crippen LogP contribution is 2.29. The number of aromatic nitrogens is 3. The summed E-state index contributed by atoms with van der Waals surface area (Å²) in [6.45, 7) is 0.571. The second-order valence-corrected chi connectivity index (χ2v) is 6.34. The fourth-order valence-electron chi connectivity index (χ4n) is 3.54. The standard InChI is InChI=1S/C18H20N4O2/c23-13-4-5-16-15(8-13)11(9-20-16)6-7-19-18(24)14-3-1-2-12-10-21-22-17(12)14/h4-5,8-10,14,20,23H,1-3,6-7H2,(H,19,24)(H,21,22). The fraction of sp³-hybridized carbons (Fsp3) is 0.333. The summed E-state index contributed by atoms with van der Waals surface area (Å²) >= 11 is 0. The zero-order chi connectivity index (χ0) is 16.5. The highest BCUT2D eigenvalue weighted by Gasteiger charge is 2.27. The number of aromatic hydroxyl groups is 1. The molecule has 4 rings (SSSR count). The van der Waals surface area contributed by atoms with E-state index in [0.29, 0.717) is 6.54 Å². The van der Waals surface area contributed by atoms with Crippen LogP contribution in [-0.4, -0.2) is 32.7 Å². The highest BCUT2D eigenvalue weighted by molar-refractivity contribution is 5.85. The summed E-state index contributed by atoms with van der Waals surface area (Å²) in [4.78, 5) is 15.7. The first-order chi connectivity index (χ1) is 11.7. The van der Waals surface area contributed by atoms with Gasteiger partial charge in [-0.1, -0.05) is 0 Å². The molecule has 0 aliphatic heterocycles. The largest absolute Gasteiger partial charge is 0.508 e. The molecular formula is C18H20N4O2. The van der Waals surface area contributed by atoms with Crippen molar-refractivity contribution in [2.75, 3.05) is 6.54 Å². The third kappa shape index (κ3) is 2.64. The van der Waals surface area contributed by atoms with Crippen LogP contribution in [0.2, 0.25) is 0 Å². The number of benzene rings is 1. The van der Waals surface area contributed by atoms with Crippen LogP contribution in [0.3, 0.4) is 0 Å². The first kappa shape index (κ1) is 14.8. The van der Waals surface area contributed by atoms with Gasteiger partial charge in [-0.25, -0.2) is 0 Å². The molecule has 0 bridgehead atoms. The maximum absolute atomic E-state index is 12.5. The lowest BCUT2D eigenvalue weighted by atomic mass is 9.87. The number of amides is 1. The first-order valence-electron chi connectivity index (χ1n) is 8.31. The summed E-state index contributed by atoms with van der Waals surface area (Å²) < 4.78 is 0. The van der Waals surface area contributed by atoms with Crippen molar-refractivity contribution in [3.05, 3.63) is 47.4 Å². The molecule has 1 amide bonds. The Morgan fingerprint density at radius 2 is 2.33 bits per heavy atom. The number of phenols is 1. The third-order valence-electron chi connectivity index (χ3n) is 4.80. The van der Waals surface area contributed by atoms with Crippen LogP contribution in [-0.2, 0) is 17.6 Å². The van der Waals surface area contributed by atoms with E-state index >= 15 is 0 Å². The van der Waals surface area contributed by atoms with Crippen molar-refractivity contribution >= 4 is 16.8 Å². The topological polar surface area (TPSA) is 93.8 Å². The number of fused-ring (bicyclic) bond motifs is 2. The van der Waals surface area contributed by atoms with E-state index in [-0.39, 0.29) is 17.6 Å². The quantitative estimate of drug-likeness (QED) is 0.593. The number of carbonyl (C=O) groups is 1. The van der Waals surface area contributed by atoms with Crippen molar-refractivity contribution in [3.63, 3.8) is 0 Å². The number of hydrogen-bond acceptors (Lipinski definition) is 3. The summed E-state index contributed by atoms with van der Waals surface area (Å²) in [5.41, 5.74) is 4.21. The average molecular weight is 324 g/mol. The number of rotatable bonds is 4. The zero-order valence-corrected chi connectivity index (χ0v) is 13.3. The monoisotopic (exact) mass is 324 g/mol. The number of phenolic OH excluding ortho intramolecular Hbond substituents is 1. The van der Waals surface area contributed by atoms with E-state index in [2.05, 4.69) is 20.5 Å². The van der Waals surface area contributed by atoms with Gasteiger partial charge < -0.3 is 15.4 Å². The van der Waals surface area contributed by atoms with E-state index in [1.54, 1.807) is 12.1 Å². The lowest BCUT2D eigenvalue weighted by Gasteiger charge is -2.21. The van der Waals surface area contributed by atoms with E-state index in [0.717, 1.165) is 53.4 Å². The van der Waals surface area contributed by atoms with Crippen molar-refractivity contribution in [3.8, 4) is 5.75 Å². The van der Waals surface area contributed by atoms with Gasteiger partial charge in [-0.15, -0.1) is 0 Å². The van der Waals surface area contributed by atoms with Crippen molar-refractivity contribution in [1.29, 1.82) is 0 Å². The van der Waals surface area contributed by atoms with Crippen LogP contribution in [0.1, 0.15) is 35.6 Å². The molecule has 1 atom stereocenters. The Hall–Kier alpha value is -2.76. The van der Waals surface area contributed by atoms with Gasteiger partial charge in [0.25, 0.3) is 0 Å². The molecule has 0 saturated heterocycles. The molecule has 0 spiro atoms. The van der Waals surface area contributed by atoms with Crippen LogP contribution in [0, 0.1) is 0 Å². The first-order valence-corrected chi connectivity index (χ1v) is 8.31. The highest BCUT2D eigenvalue weighted by atomic mass is 16.3. The predicted octanol–water partition coefficient (Wildman–Crippen LogP) is 2.38. The Bertz CT molecular complexity index is 880. The van der Waals surface area contributed by atoms with Gasteiger partial charge in [0, 0.05) is 23.6 Å². The molecule has 2 aromatic heterocycles. The van der Waals surface area contributed by atoms with Crippen LogP contribution in [0.25, 0.3) is 10.9 Å². The molecule has 1 aliphatic carbocycles. The number of nitrogens with one attached hydrogen (secondary N) is 3. The normalized spacial score (nSPS) is 16.9. The van der Waals surface area contributed by atoms with Gasteiger partial charge in [0.15, 0.2) is 0 Å². The predicted molar refractivity (Wildman–Crippen MR) is 90.9 cm³/mol. The van der Waals surface area contributed by atoms with Crippen LogP contribution >= 0.6 is 0 Å². The van der Waals surface area contributed by atoms with Crippen LogP contribution < -0.4 is 5.32 Å². The van der Waals surface area contributed by atoms with E-state index < -0.39 is 0 Å². The SMILES string of the molecule is O=C(NCCc1c[nH]c2ccc(O)cc12)C1CCCc2cn[nH]c21. The van der Waals surface area contributed by atoms with Gasteiger partial charge in [-0.3, -0.25) is 9.89 Å². The van der Waals surface area contributed by atoms with Crippen molar-refractivity contribution in [2.45, 2.75) is 31.6 Å². The van der Waals surface area contributed by atoms with E-state index in [1.165, 1.54) is 0 Å². The second-order valence-electron chi connectivity index (χ2n) is 6.34. The van der Waals surface area contributed by atoms with Crippen LogP contribution in [0.15, 0.2) is 30.6 Å². The molecule has 124 valence electrons. The fourth-order valence-corrected chi connectivity index (χ4v) is 3.54. The van der Waals surface area contributed by atoms with Gasteiger partial charge in [-0.2, -0.15) is 5.10 Å². The van der Waals surface area contributed by atoms with E-state index in [9.17, 15) is 9.90 Å². The molecule has 24 heavy (non-hydrogen) atoms. The molecule has 0 saturated carbocycles. The summed E-state index contributed by atoms with van der Waals surface area (Å²) in [6.07, 6.45) is 7.36. The van der Waals surface area contributed by atoms with E-state index in [4.69, 9.17) is 0 Å². The van der Waals surface area contributed by atoms with Crippen LogP contribution in [0.4, 0.5) is 0 Å². The minimum atomic E-state index is -0.122. The molecule has 6 heteroatoms. The maximum atomic E-state index is 12.5. The van der Waals surface area contributed by atoms with Crippen LogP contribution in [0.5, 0.6) is 5.75 Å². The van der Waals surface area contributed by atoms with E-state index in [1.807, 2.05) is 18.5 Å². The summed E-state index contributed by atoms with van der Waals surface area (Å²) in [5, 5.41) is 20.7. The van der Waals surface area contributed by atoms with Gasteiger partial charge in [-0.05, 0) is 55.0 Å². The van der Waals surface area contributed by atoms with Gasteiger partial charge >= 0.3 is 0 Å². The Labute approximate surface area is 139 Å². The van der Waals surface area contributed by atoms with Gasteiger partial charge in [0.1, 0.15) is 5.75 Å². The lowest BCUT2D eigenvalue weighted by Crippen LogP contribution is -2.32. The van der Waals surface area contributed by atoms with Crippen molar-refractivity contribution < 1.29 is 9.90 Å². The molecular weight excluding hydrogens is 304 g/mol. The minimum absolute atomic E-state index is 0.0582. The minimum Gasteiger partial charge on any atom is -0.508 e. The number of aromatic amines is 2. The number of nitrogens with zero attached hydrogens (tertiary/aromatic N) is 1. The lowest BCUT2D eigenvalue weighted by molar-refractivity contribution is -0.122. The summed E-state index contributed by atoms with van der Waals surface area (Å²) in [7, 11) is 0. The molecule has 1 aromatic carbocycles. The summed E-state index contributed by atoms with van der Waals surface area (Å²) in [6, 6.07) is 5.27. The molecule has 3 aromatic rings. The average Bonchev–Trinajstić information content (AvgIpc) is 3.21. The molecule has 6 nitrogen and oxygen atoms in total. The smallest absolute Gasteiger partial charge is 0.229 e. The van der Waals surface area contributed by atoms with Gasteiger partial charge in [0.2, 0.25) is 5.91 Å². The Morgan fingerprint density at radius 3 is 3.25 bits per heavy atom. The third-order valence-corrected chi connectivity index (χ3v) is 4.80. The second kappa shape index (κ2) is 6.03. The molecule has 1 unspecified atom stereocenters.